The third-order valence-electron chi connectivity index (χ3n) is 5.41. The van der Waals surface area contributed by atoms with Crippen LogP contribution in [0, 0.1) is 5.92 Å². The first kappa shape index (κ1) is 22.8. The highest BCUT2D eigenvalue weighted by atomic mass is 19.4. The summed E-state index contributed by atoms with van der Waals surface area (Å²) in [7, 11) is 0. The molecule has 2 amide bonds. The van der Waals surface area contributed by atoms with Crippen molar-refractivity contribution in [1.82, 2.24) is 10.1 Å². The zero-order valence-corrected chi connectivity index (χ0v) is 17.5. The Kier molecular flexibility index (Phi) is 7.02. The number of likely N-dealkylation sites (tertiary alicyclic amines) is 1. The van der Waals surface area contributed by atoms with Crippen LogP contribution in [0.3, 0.4) is 0 Å². The Morgan fingerprint density at radius 2 is 1.97 bits per heavy atom. The fourth-order valence-electron chi connectivity index (χ4n) is 3.60. The number of nitrogens with one attached hydrogen (secondary N) is 1. The minimum atomic E-state index is -4.41. The van der Waals surface area contributed by atoms with Gasteiger partial charge in [-0.05, 0) is 55.4 Å². The Morgan fingerprint density at radius 1 is 1.26 bits per heavy atom. The number of piperidine rings is 1. The quantitative estimate of drug-likeness (QED) is 0.683. The van der Waals surface area contributed by atoms with Crippen molar-refractivity contribution in [1.29, 1.82) is 0 Å². The van der Waals surface area contributed by atoms with E-state index in [1.54, 1.807) is 11.0 Å². The number of anilines is 1. The fourth-order valence-corrected chi connectivity index (χ4v) is 3.60. The van der Waals surface area contributed by atoms with E-state index in [2.05, 4.69) is 10.5 Å². The van der Waals surface area contributed by atoms with Crippen molar-refractivity contribution in [3.8, 4) is 0 Å². The SMILES string of the molecule is CC(C)c1cc(C(=O)N2CCC[C@H](CCC(=O)Nc3ccc(C(F)(F)F)cc3)C2)on1. The average Bonchev–Trinajstić information content (AvgIpc) is 3.22. The molecule has 0 aliphatic carbocycles. The first-order valence-corrected chi connectivity index (χ1v) is 10.4. The summed E-state index contributed by atoms with van der Waals surface area (Å²) in [5, 5.41) is 6.55. The van der Waals surface area contributed by atoms with Crippen molar-refractivity contribution >= 4 is 17.5 Å². The molecule has 1 N–H and O–H groups in total. The lowest BCUT2D eigenvalue weighted by molar-refractivity contribution is -0.137. The van der Waals surface area contributed by atoms with Gasteiger partial charge in [0.2, 0.25) is 11.7 Å². The Morgan fingerprint density at radius 3 is 2.58 bits per heavy atom. The van der Waals surface area contributed by atoms with Crippen molar-refractivity contribution < 1.29 is 27.3 Å². The molecule has 9 heteroatoms. The molecule has 3 rings (SSSR count). The molecule has 1 aromatic carbocycles. The Balaban J connectivity index is 1.48. The number of nitrogens with zero attached hydrogens (tertiary/aromatic N) is 2. The summed E-state index contributed by atoms with van der Waals surface area (Å²) in [6, 6.07) is 6.03. The highest BCUT2D eigenvalue weighted by Gasteiger charge is 2.30. The van der Waals surface area contributed by atoms with E-state index in [9.17, 15) is 22.8 Å². The lowest BCUT2D eigenvalue weighted by Crippen LogP contribution is -2.40. The van der Waals surface area contributed by atoms with E-state index in [4.69, 9.17) is 4.52 Å². The van der Waals surface area contributed by atoms with Crippen LogP contribution in [0.15, 0.2) is 34.9 Å². The Hall–Kier alpha value is -2.84. The third kappa shape index (κ3) is 6.08. The van der Waals surface area contributed by atoms with Gasteiger partial charge in [-0.25, -0.2) is 0 Å². The summed E-state index contributed by atoms with van der Waals surface area (Å²) in [5.74, 6) is 0.105. The summed E-state index contributed by atoms with van der Waals surface area (Å²) in [5.41, 5.74) is 0.298. The molecule has 0 radical (unpaired) electrons. The molecule has 0 bridgehead atoms. The van der Waals surface area contributed by atoms with Crippen molar-refractivity contribution in [3.63, 3.8) is 0 Å². The number of carbonyl (C=O) groups excluding carboxylic acids is 2. The molecule has 1 saturated heterocycles. The summed E-state index contributed by atoms with van der Waals surface area (Å²) in [6.07, 6.45) is -1.85. The number of rotatable bonds is 6. The molecule has 0 saturated carbocycles. The number of benzene rings is 1. The van der Waals surface area contributed by atoms with Crippen LogP contribution in [-0.2, 0) is 11.0 Å². The van der Waals surface area contributed by atoms with Gasteiger partial charge in [0.25, 0.3) is 5.91 Å². The predicted octanol–water partition coefficient (Wildman–Crippen LogP) is 5.09. The molecule has 168 valence electrons. The van der Waals surface area contributed by atoms with Gasteiger partial charge in [-0.3, -0.25) is 9.59 Å². The van der Waals surface area contributed by atoms with Gasteiger partial charge in [-0.15, -0.1) is 0 Å². The van der Waals surface area contributed by atoms with Crippen LogP contribution in [0.1, 0.15) is 67.3 Å². The van der Waals surface area contributed by atoms with E-state index in [1.807, 2.05) is 13.8 Å². The van der Waals surface area contributed by atoms with Crippen molar-refractivity contribution in [2.45, 2.75) is 51.6 Å². The van der Waals surface area contributed by atoms with Crippen molar-refractivity contribution in [2.24, 2.45) is 5.92 Å². The Bertz CT molecular complexity index is 907. The molecule has 1 aromatic heterocycles. The summed E-state index contributed by atoms with van der Waals surface area (Å²) in [4.78, 5) is 26.6. The average molecular weight is 437 g/mol. The third-order valence-corrected chi connectivity index (χ3v) is 5.41. The maximum Gasteiger partial charge on any atom is 0.416 e. The number of hydrogen-bond acceptors (Lipinski definition) is 4. The number of alkyl halides is 3. The first-order chi connectivity index (χ1) is 14.6. The van der Waals surface area contributed by atoms with Crippen LogP contribution in [0.25, 0.3) is 0 Å². The van der Waals surface area contributed by atoms with E-state index in [0.29, 0.717) is 25.2 Å². The van der Waals surface area contributed by atoms with E-state index in [0.717, 1.165) is 30.7 Å². The molecule has 1 aliphatic rings. The van der Waals surface area contributed by atoms with Gasteiger partial charge in [0.15, 0.2) is 0 Å². The molecule has 2 heterocycles. The number of amides is 2. The maximum atomic E-state index is 12.7. The molecular weight excluding hydrogens is 411 g/mol. The number of carbonyl (C=O) groups is 2. The van der Waals surface area contributed by atoms with Crippen LogP contribution in [-0.4, -0.2) is 35.0 Å². The predicted molar refractivity (Wildman–Crippen MR) is 109 cm³/mol. The van der Waals surface area contributed by atoms with E-state index in [-0.39, 0.29) is 35.8 Å². The molecular formula is C22H26F3N3O3. The highest BCUT2D eigenvalue weighted by molar-refractivity contribution is 5.92. The van der Waals surface area contributed by atoms with E-state index >= 15 is 0 Å². The normalized spacial score (nSPS) is 17.1. The first-order valence-electron chi connectivity index (χ1n) is 10.4. The Labute approximate surface area is 178 Å². The molecule has 31 heavy (non-hydrogen) atoms. The largest absolute Gasteiger partial charge is 0.416 e. The second kappa shape index (κ2) is 9.53. The highest BCUT2D eigenvalue weighted by Crippen LogP contribution is 2.30. The van der Waals surface area contributed by atoms with E-state index < -0.39 is 11.7 Å². The van der Waals surface area contributed by atoms with Gasteiger partial charge in [-0.1, -0.05) is 19.0 Å². The molecule has 2 aromatic rings. The van der Waals surface area contributed by atoms with Gasteiger partial charge in [0, 0.05) is 31.3 Å². The van der Waals surface area contributed by atoms with Crippen LogP contribution in [0.5, 0.6) is 0 Å². The number of halogens is 3. The topological polar surface area (TPSA) is 75.4 Å². The molecule has 1 atom stereocenters. The van der Waals surface area contributed by atoms with Crippen LogP contribution in [0.4, 0.5) is 18.9 Å². The van der Waals surface area contributed by atoms with Crippen LogP contribution in [0.2, 0.25) is 0 Å². The zero-order chi connectivity index (χ0) is 22.6. The second-order valence-corrected chi connectivity index (χ2v) is 8.19. The number of hydrogen-bond donors (Lipinski definition) is 1. The van der Waals surface area contributed by atoms with Crippen molar-refractivity contribution in [3.05, 3.63) is 47.3 Å². The summed E-state index contributed by atoms with van der Waals surface area (Å²) in [6.45, 7) is 5.10. The number of aromatic nitrogens is 1. The lowest BCUT2D eigenvalue weighted by Gasteiger charge is -2.32. The van der Waals surface area contributed by atoms with Gasteiger partial charge in [0.1, 0.15) is 0 Å². The molecule has 1 aliphatic heterocycles. The maximum absolute atomic E-state index is 12.7. The molecule has 6 nitrogen and oxygen atoms in total. The van der Waals surface area contributed by atoms with Crippen molar-refractivity contribution in [2.75, 3.05) is 18.4 Å². The van der Waals surface area contributed by atoms with E-state index in [1.165, 1.54) is 12.1 Å². The zero-order valence-electron chi connectivity index (χ0n) is 17.5. The molecule has 0 spiro atoms. The molecule has 0 unspecified atom stereocenters. The van der Waals surface area contributed by atoms with Crippen LogP contribution >= 0.6 is 0 Å². The lowest BCUT2D eigenvalue weighted by atomic mass is 9.93. The smallest absolute Gasteiger partial charge is 0.351 e. The van der Waals surface area contributed by atoms with Gasteiger partial charge in [0.05, 0.1) is 11.3 Å². The van der Waals surface area contributed by atoms with Gasteiger partial charge in [-0.2, -0.15) is 13.2 Å². The molecule has 1 fully saturated rings. The van der Waals surface area contributed by atoms with Gasteiger partial charge < -0.3 is 14.7 Å². The monoisotopic (exact) mass is 437 g/mol. The second-order valence-electron chi connectivity index (χ2n) is 8.19. The summed E-state index contributed by atoms with van der Waals surface area (Å²) < 4.78 is 43.0. The van der Waals surface area contributed by atoms with Gasteiger partial charge >= 0.3 is 6.18 Å². The standard InChI is InChI=1S/C22H26F3N3O3/c1-14(2)18-12-19(31-27-18)21(30)28-11-3-4-15(13-28)5-10-20(29)26-17-8-6-16(7-9-17)22(23,24)25/h6-9,12,14-15H,3-5,10-11,13H2,1-2H3,(H,26,29)/t15-/m1/s1. The fraction of sp³-hybridized carbons (Fsp3) is 0.500. The van der Waals surface area contributed by atoms with Crippen LogP contribution < -0.4 is 5.32 Å². The summed E-state index contributed by atoms with van der Waals surface area (Å²) >= 11 is 0. The minimum absolute atomic E-state index is 0.169. The minimum Gasteiger partial charge on any atom is -0.351 e.